The number of piperidine rings is 1. The number of rotatable bonds is 4. The van der Waals surface area contributed by atoms with Crippen LogP contribution in [0.2, 0.25) is 0 Å². The second-order valence-electron chi connectivity index (χ2n) is 4.44. The highest BCUT2D eigenvalue weighted by Gasteiger charge is 2.23. The van der Waals surface area contributed by atoms with E-state index in [4.69, 9.17) is 0 Å². The summed E-state index contributed by atoms with van der Waals surface area (Å²) >= 11 is 0. The molecule has 0 radical (unpaired) electrons. The first kappa shape index (κ1) is 14.0. The van der Waals surface area contributed by atoms with Crippen LogP contribution in [0.15, 0.2) is 0 Å². The van der Waals surface area contributed by atoms with Crippen LogP contribution < -0.4 is 10.6 Å². The first-order valence-electron chi connectivity index (χ1n) is 6.49. The van der Waals surface area contributed by atoms with Crippen molar-refractivity contribution in [2.24, 2.45) is 0 Å². The smallest absolute Gasteiger partial charge is 0.321 e. The lowest BCUT2D eigenvalue weighted by atomic mass is 10.0. The van der Waals surface area contributed by atoms with Gasteiger partial charge in [-0.15, -0.1) is 0 Å². The van der Waals surface area contributed by atoms with Crippen molar-refractivity contribution < 1.29 is 9.59 Å². The highest BCUT2D eigenvalue weighted by atomic mass is 16.2. The molecule has 1 aliphatic rings. The third-order valence-electron chi connectivity index (χ3n) is 3.16. The van der Waals surface area contributed by atoms with E-state index in [0.29, 0.717) is 19.1 Å². The van der Waals surface area contributed by atoms with Crippen LogP contribution in [-0.4, -0.2) is 42.5 Å². The van der Waals surface area contributed by atoms with E-state index in [9.17, 15) is 9.59 Å². The zero-order chi connectivity index (χ0) is 12.7. The molecule has 0 aromatic carbocycles. The van der Waals surface area contributed by atoms with Crippen molar-refractivity contribution in [1.29, 1.82) is 0 Å². The quantitative estimate of drug-likeness (QED) is 0.774. The van der Waals surface area contributed by atoms with Gasteiger partial charge >= 0.3 is 6.03 Å². The minimum absolute atomic E-state index is 0.212. The van der Waals surface area contributed by atoms with Crippen molar-refractivity contribution in [3.05, 3.63) is 0 Å². The number of likely N-dealkylation sites (tertiary alicyclic amines) is 1. The van der Waals surface area contributed by atoms with Gasteiger partial charge in [0.05, 0.1) is 6.54 Å². The predicted octanol–water partition coefficient (Wildman–Crippen LogP) is 1.10. The summed E-state index contributed by atoms with van der Waals surface area (Å²) in [5, 5.41) is 4.89. The van der Waals surface area contributed by atoms with Crippen LogP contribution in [-0.2, 0) is 4.79 Å². The summed E-state index contributed by atoms with van der Waals surface area (Å²) in [4.78, 5) is 25.0. The Bertz CT molecular complexity index is 268. The van der Waals surface area contributed by atoms with Crippen molar-refractivity contribution in [3.8, 4) is 0 Å². The number of nitrogens with zero attached hydrogens (tertiary/aromatic N) is 1. The highest BCUT2D eigenvalue weighted by molar-refractivity contribution is 5.95. The van der Waals surface area contributed by atoms with Gasteiger partial charge in [0, 0.05) is 12.6 Å². The summed E-state index contributed by atoms with van der Waals surface area (Å²) in [7, 11) is 0. The summed E-state index contributed by atoms with van der Waals surface area (Å²) in [5.74, 6) is -0.212. The predicted molar refractivity (Wildman–Crippen MR) is 66.7 cm³/mol. The lowest BCUT2D eigenvalue weighted by Crippen LogP contribution is -2.48. The number of hydrogen-bond donors (Lipinski definition) is 2. The van der Waals surface area contributed by atoms with Gasteiger partial charge in [0.2, 0.25) is 5.91 Å². The number of urea groups is 1. The zero-order valence-electron chi connectivity index (χ0n) is 10.8. The zero-order valence-corrected chi connectivity index (χ0v) is 10.8. The number of carbonyl (C=O) groups excluding carboxylic acids is 2. The standard InChI is InChI=1S/C12H23N3O2/c1-3-10-7-5-6-8-15(10)9-11(16)14-12(17)13-4-2/h10H,3-9H2,1-2H3,(H2,13,14,16,17). The highest BCUT2D eigenvalue weighted by Crippen LogP contribution is 2.18. The normalized spacial score (nSPS) is 20.9. The van der Waals surface area contributed by atoms with Gasteiger partial charge in [0.25, 0.3) is 0 Å². The number of nitrogens with one attached hydrogen (secondary N) is 2. The Kier molecular flexibility index (Phi) is 5.97. The molecule has 1 atom stereocenters. The Balaban J connectivity index is 2.35. The first-order chi connectivity index (χ1) is 8.17. The summed E-state index contributed by atoms with van der Waals surface area (Å²) < 4.78 is 0. The largest absolute Gasteiger partial charge is 0.338 e. The maximum absolute atomic E-state index is 11.6. The van der Waals surface area contributed by atoms with E-state index in [1.165, 1.54) is 6.42 Å². The number of carbonyl (C=O) groups is 2. The molecule has 3 amide bonds. The maximum atomic E-state index is 11.6. The summed E-state index contributed by atoms with van der Waals surface area (Å²) in [6.07, 6.45) is 4.61. The molecule has 1 rings (SSSR count). The van der Waals surface area contributed by atoms with E-state index in [-0.39, 0.29) is 5.91 Å². The molecule has 1 fully saturated rings. The second-order valence-corrected chi connectivity index (χ2v) is 4.44. The van der Waals surface area contributed by atoms with Gasteiger partial charge in [0.1, 0.15) is 0 Å². The molecule has 0 saturated carbocycles. The molecule has 0 aromatic rings. The van der Waals surface area contributed by atoms with Crippen LogP contribution in [0, 0.1) is 0 Å². The van der Waals surface area contributed by atoms with Gasteiger partial charge in [-0.3, -0.25) is 15.0 Å². The summed E-state index contributed by atoms with van der Waals surface area (Å²) in [6.45, 7) is 5.78. The molecule has 0 aliphatic carbocycles. The lowest BCUT2D eigenvalue weighted by molar-refractivity contribution is -0.122. The Morgan fingerprint density at radius 3 is 2.71 bits per heavy atom. The maximum Gasteiger partial charge on any atom is 0.321 e. The molecule has 17 heavy (non-hydrogen) atoms. The molecule has 1 unspecified atom stereocenters. The Hall–Kier alpha value is -1.10. The molecular weight excluding hydrogens is 218 g/mol. The molecule has 5 heteroatoms. The van der Waals surface area contributed by atoms with Gasteiger partial charge < -0.3 is 5.32 Å². The van der Waals surface area contributed by atoms with Gasteiger partial charge in [0.15, 0.2) is 0 Å². The van der Waals surface area contributed by atoms with Crippen molar-refractivity contribution in [2.75, 3.05) is 19.6 Å². The van der Waals surface area contributed by atoms with Gasteiger partial charge in [-0.05, 0) is 32.7 Å². The topological polar surface area (TPSA) is 61.4 Å². The van der Waals surface area contributed by atoms with Crippen molar-refractivity contribution in [1.82, 2.24) is 15.5 Å². The van der Waals surface area contributed by atoms with Crippen LogP contribution >= 0.6 is 0 Å². The van der Waals surface area contributed by atoms with Crippen LogP contribution in [0.25, 0.3) is 0 Å². The molecule has 1 saturated heterocycles. The van der Waals surface area contributed by atoms with E-state index >= 15 is 0 Å². The second kappa shape index (κ2) is 7.27. The average Bonchev–Trinajstić information content (AvgIpc) is 2.29. The van der Waals surface area contributed by atoms with Gasteiger partial charge in [-0.25, -0.2) is 4.79 Å². The van der Waals surface area contributed by atoms with E-state index in [0.717, 1.165) is 25.8 Å². The molecule has 0 bridgehead atoms. The SMILES string of the molecule is CCNC(=O)NC(=O)CN1CCCCC1CC. The van der Waals surface area contributed by atoms with Crippen LogP contribution in [0.1, 0.15) is 39.5 Å². The van der Waals surface area contributed by atoms with Crippen molar-refractivity contribution in [2.45, 2.75) is 45.6 Å². The Morgan fingerprint density at radius 1 is 1.29 bits per heavy atom. The van der Waals surface area contributed by atoms with Crippen molar-refractivity contribution in [3.63, 3.8) is 0 Å². The Morgan fingerprint density at radius 2 is 2.06 bits per heavy atom. The van der Waals surface area contributed by atoms with E-state index in [1.54, 1.807) is 0 Å². The molecule has 2 N–H and O–H groups in total. The Labute approximate surface area is 103 Å². The van der Waals surface area contributed by atoms with Gasteiger partial charge in [-0.2, -0.15) is 0 Å². The molecule has 1 heterocycles. The monoisotopic (exact) mass is 241 g/mol. The number of hydrogen-bond acceptors (Lipinski definition) is 3. The van der Waals surface area contributed by atoms with Crippen LogP contribution in [0.5, 0.6) is 0 Å². The fraction of sp³-hybridized carbons (Fsp3) is 0.833. The first-order valence-corrected chi connectivity index (χ1v) is 6.49. The fourth-order valence-electron chi connectivity index (χ4n) is 2.29. The molecule has 0 aromatic heterocycles. The summed E-state index contributed by atoms with van der Waals surface area (Å²) in [6, 6.07) is 0.0892. The van der Waals surface area contributed by atoms with Gasteiger partial charge in [-0.1, -0.05) is 13.3 Å². The number of amides is 3. The molecule has 98 valence electrons. The third-order valence-corrected chi connectivity index (χ3v) is 3.16. The van der Waals surface area contributed by atoms with Crippen LogP contribution in [0.3, 0.4) is 0 Å². The van der Waals surface area contributed by atoms with E-state index in [2.05, 4.69) is 22.5 Å². The van der Waals surface area contributed by atoms with E-state index < -0.39 is 6.03 Å². The van der Waals surface area contributed by atoms with Crippen molar-refractivity contribution >= 4 is 11.9 Å². The molecule has 5 nitrogen and oxygen atoms in total. The van der Waals surface area contributed by atoms with E-state index in [1.807, 2.05) is 6.92 Å². The van der Waals surface area contributed by atoms with Crippen LogP contribution in [0.4, 0.5) is 4.79 Å². The summed E-state index contributed by atoms with van der Waals surface area (Å²) in [5.41, 5.74) is 0. The molecule has 1 aliphatic heterocycles. The fourth-order valence-corrected chi connectivity index (χ4v) is 2.29. The minimum atomic E-state index is -0.400. The molecular formula is C12H23N3O2. The minimum Gasteiger partial charge on any atom is -0.338 e. The lowest BCUT2D eigenvalue weighted by Gasteiger charge is -2.34. The molecule has 0 spiro atoms. The number of imide groups is 1. The third kappa shape index (κ3) is 4.73. The average molecular weight is 241 g/mol.